The average Bonchev–Trinajstić information content (AvgIpc) is 3.97. The first kappa shape index (κ1) is 38.4. The third kappa shape index (κ3) is 5.34. The molecule has 2 saturated heterocycles. The molecule has 7 aliphatic carbocycles. The fraction of sp³-hybridized carbons (Fsp3) is 0.350. The lowest BCUT2D eigenvalue weighted by molar-refractivity contribution is 0.199. The summed E-state index contributed by atoms with van der Waals surface area (Å²) in [6, 6.07) is 33.4. The van der Waals surface area contributed by atoms with E-state index in [2.05, 4.69) is 177 Å². The molecular weight excluding hydrogens is 823 g/mol. The van der Waals surface area contributed by atoms with Gasteiger partial charge in [0.15, 0.2) is 0 Å². The maximum Gasteiger partial charge on any atom is 0.0891 e. The molecule has 5 nitrogen and oxygen atoms in total. The van der Waals surface area contributed by atoms with Crippen molar-refractivity contribution in [3.63, 3.8) is 0 Å². The highest BCUT2D eigenvalue weighted by molar-refractivity contribution is 7.13. The van der Waals surface area contributed by atoms with Crippen molar-refractivity contribution in [1.82, 2.24) is 15.5 Å². The highest BCUT2D eigenvalue weighted by Crippen LogP contribution is 2.67. The number of hydrogen-bond acceptors (Lipinski definition) is 6. The fourth-order valence-electron chi connectivity index (χ4n) is 15.3. The van der Waals surface area contributed by atoms with Crippen LogP contribution < -0.4 is 15.5 Å². The van der Waals surface area contributed by atoms with Gasteiger partial charge in [0.05, 0.1) is 36.3 Å². The van der Waals surface area contributed by atoms with E-state index in [0.29, 0.717) is 29.7 Å². The molecule has 66 heavy (non-hydrogen) atoms. The third-order valence-electron chi connectivity index (χ3n) is 17.9. The van der Waals surface area contributed by atoms with Gasteiger partial charge in [0, 0.05) is 68.5 Å². The van der Waals surface area contributed by atoms with E-state index in [4.69, 9.17) is 0 Å². The van der Waals surface area contributed by atoms with Gasteiger partial charge in [0.2, 0.25) is 0 Å². The minimum absolute atomic E-state index is 0.0499. The number of allylic oxidation sites excluding steroid dienone is 6. The summed E-state index contributed by atoms with van der Waals surface area (Å²) in [4.78, 5) is 8.69. The van der Waals surface area contributed by atoms with E-state index in [1.54, 1.807) is 38.4 Å². The van der Waals surface area contributed by atoms with Crippen LogP contribution in [0.25, 0.3) is 11.6 Å². The zero-order chi connectivity index (χ0) is 43.2. The molecule has 4 aliphatic heterocycles. The largest absolute Gasteiger partial charge is 0.356 e. The Hall–Kier alpha value is -5.71. The standard InChI is InChI=1S/C60H55N5S/c61-33-38-31-44-49(32-48(38)64-45-20-10-7-17-39(45)40-18-8-11-21-46(40)64)65-47-29-30-51-53(41-19-9-12-22-50(41)66-51)52(47)43-28-27-42-54-56(55(42)59(43)65)58(44)63-60(37-15-5-2-6-16-37)62-57(54)36-25-23-35(24-26-36)34-13-3-1-4-14-34/h2-3,5-8,10-13,15-18,20-26,31-32,34,38-39,43,45,48,54,56-60,62-63H,1,4,9,14,19,27-30H2. The maximum absolute atomic E-state index is 11.5. The van der Waals surface area contributed by atoms with Gasteiger partial charge < -0.3 is 9.80 Å². The minimum atomic E-state index is -0.312. The van der Waals surface area contributed by atoms with Crippen LogP contribution in [0, 0.1) is 35.0 Å². The first-order chi connectivity index (χ1) is 32.7. The Bertz CT molecular complexity index is 3020. The normalized spacial score (nSPS) is 34.7. The lowest BCUT2D eigenvalue weighted by atomic mass is 9.53. The van der Waals surface area contributed by atoms with E-state index in [9.17, 15) is 5.26 Å². The Labute approximate surface area is 393 Å². The summed E-state index contributed by atoms with van der Waals surface area (Å²) in [5, 5.41) is 20.2. The predicted octanol–water partition coefficient (Wildman–Crippen LogP) is 12.3. The minimum Gasteiger partial charge on any atom is -0.356 e. The van der Waals surface area contributed by atoms with Crippen LogP contribution in [0.15, 0.2) is 162 Å². The van der Waals surface area contributed by atoms with Crippen molar-refractivity contribution in [1.29, 1.82) is 5.26 Å². The van der Waals surface area contributed by atoms with E-state index in [1.807, 2.05) is 0 Å². The number of nitriles is 1. The molecule has 6 heteroatoms. The predicted molar refractivity (Wildman–Crippen MR) is 266 cm³/mol. The molecule has 15 rings (SSSR count). The number of anilines is 1. The quantitative estimate of drug-likeness (QED) is 0.200. The Kier molecular flexibility index (Phi) is 8.52. The number of para-hydroxylation sites is 1. The van der Waals surface area contributed by atoms with Crippen LogP contribution in [0.4, 0.5) is 5.69 Å². The van der Waals surface area contributed by atoms with Crippen molar-refractivity contribution in [3.8, 4) is 6.07 Å². The number of benzene rings is 3. The molecule has 2 N–H and O–H groups in total. The summed E-state index contributed by atoms with van der Waals surface area (Å²) in [7, 11) is 0. The maximum atomic E-state index is 11.5. The van der Waals surface area contributed by atoms with E-state index < -0.39 is 0 Å². The molecule has 12 unspecified atom stereocenters. The van der Waals surface area contributed by atoms with E-state index >= 15 is 0 Å². The topological polar surface area (TPSA) is 54.3 Å². The van der Waals surface area contributed by atoms with Crippen LogP contribution >= 0.6 is 11.3 Å². The summed E-state index contributed by atoms with van der Waals surface area (Å²) in [5.74, 6) is 1.59. The first-order valence-corrected chi connectivity index (χ1v) is 26.0. The summed E-state index contributed by atoms with van der Waals surface area (Å²) in [6.07, 6.45) is 34.4. The van der Waals surface area contributed by atoms with Crippen LogP contribution in [-0.4, -0.2) is 29.1 Å². The second kappa shape index (κ2) is 14.6. The van der Waals surface area contributed by atoms with Crippen LogP contribution in [-0.2, 0) is 12.8 Å². The van der Waals surface area contributed by atoms with Crippen molar-refractivity contribution >= 4 is 28.7 Å². The van der Waals surface area contributed by atoms with E-state index in [-0.39, 0.29) is 42.2 Å². The Balaban J connectivity index is 0.935. The summed E-state index contributed by atoms with van der Waals surface area (Å²) in [5.41, 5.74) is 19.4. The molecule has 1 aromatic heterocycles. The van der Waals surface area contributed by atoms with Gasteiger partial charge >= 0.3 is 0 Å². The lowest BCUT2D eigenvalue weighted by Crippen LogP contribution is -2.52. The van der Waals surface area contributed by atoms with Crippen molar-refractivity contribution in [3.05, 3.63) is 205 Å². The number of nitrogens with one attached hydrogen (secondary N) is 2. The van der Waals surface area contributed by atoms with Crippen molar-refractivity contribution in [2.45, 2.75) is 106 Å². The van der Waals surface area contributed by atoms with Crippen LogP contribution in [0.2, 0.25) is 0 Å². The highest BCUT2D eigenvalue weighted by Gasteiger charge is 2.63. The SMILES string of the molecule is N#CC1C=C2C(=CC1N1c3ccccc3C3C=CC=CC31)N1C3=C(c4c(sc5c4CCC=C5)CC3)C3CCC4=C(C5C2NC(c2ccccc2)NC(c2ccc(C6C=CCCC6)cc2)C45)C31. The van der Waals surface area contributed by atoms with Gasteiger partial charge in [-0.25, -0.2) is 0 Å². The monoisotopic (exact) mass is 877 g/mol. The molecule has 2 fully saturated rings. The van der Waals surface area contributed by atoms with Gasteiger partial charge in [-0.05, 0) is 126 Å². The Morgan fingerprint density at radius 1 is 0.727 bits per heavy atom. The van der Waals surface area contributed by atoms with Crippen molar-refractivity contribution in [2.75, 3.05) is 4.90 Å². The molecule has 12 atom stereocenters. The Morgan fingerprint density at radius 3 is 2.45 bits per heavy atom. The number of fused-ring (bicyclic) bond motifs is 13. The molecule has 11 aliphatic rings. The summed E-state index contributed by atoms with van der Waals surface area (Å²) >= 11 is 2.08. The second-order valence-electron chi connectivity index (χ2n) is 20.9. The molecular formula is C60H55N5S. The second-order valence-corrected chi connectivity index (χ2v) is 22.0. The van der Waals surface area contributed by atoms with E-state index in [0.717, 1.165) is 32.1 Å². The van der Waals surface area contributed by atoms with E-state index in [1.165, 1.54) is 69.8 Å². The smallest absolute Gasteiger partial charge is 0.0891 e. The number of nitrogens with zero attached hydrogens (tertiary/aromatic N) is 3. The molecule has 5 heterocycles. The molecule has 4 aromatic rings. The number of thiophene rings is 1. The molecule has 3 aromatic carbocycles. The summed E-state index contributed by atoms with van der Waals surface area (Å²) in [6.45, 7) is 0. The Morgan fingerprint density at radius 2 is 1.58 bits per heavy atom. The van der Waals surface area contributed by atoms with Gasteiger partial charge in [-0.2, -0.15) is 5.26 Å². The van der Waals surface area contributed by atoms with Gasteiger partial charge in [0.25, 0.3) is 0 Å². The zero-order valence-corrected chi connectivity index (χ0v) is 38.1. The number of rotatable bonds is 4. The third-order valence-corrected chi connectivity index (χ3v) is 19.2. The molecule has 0 spiro atoms. The molecule has 0 amide bonds. The van der Waals surface area contributed by atoms with Crippen molar-refractivity contribution < 1.29 is 0 Å². The zero-order valence-electron chi connectivity index (χ0n) is 37.3. The first-order valence-electron chi connectivity index (χ1n) is 25.2. The molecule has 0 radical (unpaired) electrons. The van der Waals surface area contributed by atoms with Crippen LogP contribution in [0.3, 0.4) is 0 Å². The average molecular weight is 878 g/mol. The number of aryl methyl sites for hydroxylation is 1. The molecule has 0 bridgehead atoms. The van der Waals surface area contributed by atoms with Gasteiger partial charge in [-0.15, -0.1) is 11.3 Å². The van der Waals surface area contributed by atoms with Crippen LogP contribution in [0.5, 0.6) is 0 Å². The lowest BCUT2D eigenvalue weighted by Gasteiger charge is -2.53. The molecule has 0 saturated carbocycles. The fourth-order valence-corrected chi connectivity index (χ4v) is 16.6. The highest BCUT2D eigenvalue weighted by atomic mass is 32.1. The van der Waals surface area contributed by atoms with Gasteiger partial charge in [0.1, 0.15) is 0 Å². The van der Waals surface area contributed by atoms with Crippen molar-refractivity contribution in [2.24, 2.45) is 23.7 Å². The van der Waals surface area contributed by atoms with Gasteiger partial charge in [-0.1, -0.05) is 127 Å². The summed E-state index contributed by atoms with van der Waals surface area (Å²) < 4.78 is 0. The molecule has 326 valence electrons. The number of hydrogen-bond donors (Lipinski definition) is 2. The van der Waals surface area contributed by atoms with Crippen LogP contribution in [0.1, 0.15) is 112 Å². The van der Waals surface area contributed by atoms with Gasteiger partial charge in [-0.3, -0.25) is 10.6 Å².